The van der Waals surface area contributed by atoms with Crippen LogP contribution in [0.3, 0.4) is 0 Å². The van der Waals surface area contributed by atoms with Gasteiger partial charge in [-0.05, 0) is 42.5 Å². The molecule has 1 fully saturated rings. The molecule has 34 heavy (non-hydrogen) atoms. The zero-order valence-corrected chi connectivity index (χ0v) is 18.5. The van der Waals surface area contributed by atoms with Crippen LogP contribution in [0.4, 0.5) is 19.3 Å². The summed E-state index contributed by atoms with van der Waals surface area (Å²) in [5, 5.41) is 8.80. The smallest absolute Gasteiger partial charge is 0.449 e. The highest BCUT2D eigenvalue weighted by Gasteiger charge is 2.39. The average molecular weight is 491 g/mol. The van der Waals surface area contributed by atoms with Crippen LogP contribution in [0.2, 0.25) is 0 Å². The van der Waals surface area contributed by atoms with Gasteiger partial charge in [-0.1, -0.05) is 12.2 Å². The summed E-state index contributed by atoms with van der Waals surface area (Å²) in [4.78, 5) is 31.8. The van der Waals surface area contributed by atoms with Crippen molar-refractivity contribution in [1.29, 1.82) is 0 Å². The van der Waals surface area contributed by atoms with E-state index in [2.05, 4.69) is 14.7 Å². The standard InChI is InChI=1S/C23H20F2N4O4.ClH/c24-15-6-4-12(19(25)20(15)29-9-11-2-1-3-16(26)14(11)10-29)17-7-5-13-21(30)18(33-23(31)32)8-27-22(13)28-17;/h1,3-8,11,14,16H,2,9-10,26H2,(H,31,32)(H,27,28,30);1H. The molecule has 1 saturated heterocycles. The summed E-state index contributed by atoms with van der Waals surface area (Å²) in [5.74, 6) is -1.44. The number of halogens is 3. The number of nitrogens with zero attached hydrogens (tertiary/aromatic N) is 2. The molecule has 0 amide bonds. The van der Waals surface area contributed by atoms with E-state index in [-0.39, 0.29) is 58.3 Å². The minimum Gasteiger partial charge on any atom is -0.449 e. The molecule has 4 N–H and O–H groups in total. The van der Waals surface area contributed by atoms with E-state index in [0.717, 1.165) is 12.6 Å². The summed E-state index contributed by atoms with van der Waals surface area (Å²) >= 11 is 0. The van der Waals surface area contributed by atoms with Gasteiger partial charge in [0.25, 0.3) is 0 Å². The van der Waals surface area contributed by atoms with E-state index in [1.807, 2.05) is 12.2 Å². The number of rotatable bonds is 3. The number of nitrogens with two attached hydrogens (primary N) is 1. The maximum Gasteiger partial charge on any atom is 0.511 e. The molecule has 5 rings (SSSR count). The minimum absolute atomic E-state index is 0. The molecule has 0 saturated carbocycles. The SMILES string of the molecule is Cl.NC1C=CCC2CN(c3c(F)ccc(-c4ccc5c(=O)c(OC(=O)O)c[nH]c5n4)c3F)CC12. The molecular weight excluding hydrogens is 470 g/mol. The van der Waals surface area contributed by atoms with Gasteiger partial charge >= 0.3 is 6.16 Å². The fourth-order valence-corrected chi connectivity index (χ4v) is 4.75. The molecule has 0 bridgehead atoms. The van der Waals surface area contributed by atoms with Gasteiger partial charge in [0.2, 0.25) is 5.43 Å². The molecule has 178 valence electrons. The predicted molar refractivity (Wildman–Crippen MR) is 125 cm³/mol. The lowest BCUT2D eigenvalue weighted by Crippen LogP contribution is -2.35. The Morgan fingerprint density at radius 3 is 2.76 bits per heavy atom. The summed E-state index contributed by atoms with van der Waals surface area (Å²) in [6.45, 7) is 0.961. The number of aromatic nitrogens is 2. The maximum atomic E-state index is 15.6. The Morgan fingerprint density at radius 1 is 1.24 bits per heavy atom. The van der Waals surface area contributed by atoms with Crippen molar-refractivity contribution in [2.75, 3.05) is 18.0 Å². The Balaban J connectivity index is 0.00000274. The molecule has 1 aliphatic heterocycles. The van der Waals surface area contributed by atoms with Gasteiger partial charge < -0.3 is 25.5 Å². The number of pyridine rings is 2. The summed E-state index contributed by atoms with van der Waals surface area (Å²) in [6, 6.07) is 5.18. The first-order chi connectivity index (χ1) is 15.8. The Hall–Kier alpha value is -3.50. The number of fused-ring (bicyclic) bond motifs is 2. The molecular formula is C23H21ClF2N4O4. The van der Waals surface area contributed by atoms with Gasteiger partial charge in [0, 0.05) is 30.9 Å². The molecule has 3 unspecified atom stereocenters. The first-order valence-corrected chi connectivity index (χ1v) is 10.4. The number of aromatic amines is 1. The Labute approximate surface area is 198 Å². The van der Waals surface area contributed by atoms with Crippen LogP contribution < -0.4 is 20.8 Å². The van der Waals surface area contributed by atoms with Crippen LogP contribution in [0.25, 0.3) is 22.3 Å². The second kappa shape index (κ2) is 9.03. The van der Waals surface area contributed by atoms with E-state index in [0.29, 0.717) is 13.1 Å². The van der Waals surface area contributed by atoms with Crippen molar-refractivity contribution in [2.45, 2.75) is 12.5 Å². The number of nitrogens with one attached hydrogen (secondary N) is 1. The quantitative estimate of drug-likeness (QED) is 0.378. The summed E-state index contributed by atoms with van der Waals surface area (Å²) in [5.41, 5.74) is 5.78. The number of carboxylic acid groups (broad SMARTS) is 1. The number of allylic oxidation sites excluding steroid dienone is 1. The molecule has 3 heterocycles. The molecule has 3 atom stereocenters. The average Bonchev–Trinajstić information content (AvgIpc) is 3.20. The second-order valence-electron chi connectivity index (χ2n) is 8.27. The van der Waals surface area contributed by atoms with Crippen LogP contribution in [-0.4, -0.2) is 40.4 Å². The summed E-state index contributed by atoms with van der Waals surface area (Å²) in [6.07, 6.45) is 4.24. The van der Waals surface area contributed by atoms with Crippen molar-refractivity contribution in [3.8, 4) is 17.0 Å². The Kier molecular flexibility index (Phi) is 6.28. The van der Waals surface area contributed by atoms with E-state index in [9.17, 15) is 14.0 Å². The fourth-order valence-electron chi connectivity index (χ4n) is 4.75. The molecule has 8 nitrogen and oxygen atoms in total. The van der Waals surface area contributed by atoms with Crippen LogP contribution in [0, 0.1) is 23.5 Å². The van der Waals surface area contributed by atoms with Gasteiger partial charge in [0.1, 0.15) is 17.2 Å². The third-order valence-electron chi connectivity index (χ3n) is 6.34. The Bertz CT molecular complexity index is 1360. The highest BCUT2D eigenvalue weighted by atomic mass is 35.5. The number of benzene rings is 1. The lowest BCUT2D eigenvalue weighted by atomic mass is 9.83. The molecule has 11 heteroatoms. The van der Waals surface area contributed by atoms with Crippen molar-refractivity contribution in [2.24, 2.45) is 17.6 Å². The van der Waals surface area contributed by atoms with E-state index in [1.165, 1.54) is 24.3 Å². The predicted octanol–water partition coefficient (Wildman–Crippen LogP) is 3.69. The van der Waals surface area contributed by atoms with Crippen LogP contribution in [0.5, 0.6) is 5.75 Å². The zero-order valence-electron chi connectivity index (χ0n) is 17.7. The van der Waals surface area contributed by atoms with Crippen molar-refractivity contribution in [3.05, 3.63) is 64.5 Å². The lowest BCUT2D eigenvalue weighted by Gasteiger charge is -2.25. The van der Waals surface area contributed by atoms with Crippen LogP contribution in [-0.2, 0) is 0 Å². The first-order valence-electron chi connectivity index (χ1n) is 10.4. The largest absolute Gasteiger partial charge is 0.511 e. The zero-order chi connectivity index (χ0) is 23.3. The van der Waals surface area contributed by atoms with E-state index >= 15 is 4.39 Å². The number of carbonyl (C=O) groups is 1. The molecule has 2 aromatic heterocycles. The molecule has 0 spiro atoms. The maximum absolute atomic E-state index is 15.6. The monoisotopic (exact) mass is 490 g/mol. The molecule has 2 aliphatic rings. The molecule has 0 radical (unpaired) electrons. The number of hydrogen-bond donors (Lipinski definition) is 3. The van der Waals surface area contributed by atoms with Gasteiger partial charge in [0.15, 0.2) is 11.6 Å². The third kappa shape index (κ3) is 3.99. The number of anilines is 1. The minimum atomic E-state index is -1.62. The molecule has 1 aromatic carbocycles. The first kappa shape index (κ1) is 23.7. The molecule has 3 aromatic rings. The summed E-state index contributed by atoms with van der Waals surface area (Å²) < 4.78 is 34.8. The van der Waals surface area contributed by atoms with Crippen molar-refractivity contribution >= 4 is 35.3 Å². The number of ether oxygens (including phenoxy) is 1. The van der Waals surface area contributed by atoms with Gasteiger partial charge in [-0.25, -0.2) is 18.6 Å². The van der Waals surface area contributed by atoms with Crippen LogP contribution in [0.1, 0.15) is 6.42 Å². The topological polar surface area (TPSA) is 122 Å². The van der Waals surface area contributed by atoms with E-state index < -0.39 is 29.0 Å². The lowest BCUT2D eigenvalue weighted by molar-refractivity contribution is 0.144. The van der Waals surface area contributed by atoms with Gasteiger partial charge in [-0.2, -0.15) is 0 Å². The normalized spacial score (nSPS) is 21.3. The Morgan fingerprint density at radius 2 is 2.03 bits per heavy atom. The van der Waals surface area contributed by atoms with Crippen molar-refractivity contribution < 1.29 is 23.4 Å². The number of hydrogen-bond acceptors (Lipinski definition) is 6. The van der Waals surface area contributed by atoms with Gasteiger partial charge in [0.05, 0.1) is 11.1 Å². The van der Waals surface area contributed by atoms with Gasteiger partial charge in [-0.3, -0.25) is 4.79 Å². The van der Waals surface area contributed by atoms with Crippen molar-refractivity contribution in [3.63, 3.8) is 0 Å². The van der Waals surface area contributed by atoms with Crippen LogP contribution in [0.15, 0.2) is 47.4 Å². The highest BCUT2D eigenvalue weighted by molar-refractivity contribution is 5.85. The van der Waals surface area contributed by atoms with Crippen molar-refractivity contribution in [1.82, 2.24) is 9.97 Å². The van der Waals surface area contributed by atoms with E-state index in [4.69, 9.17) is 10.8 Å². The van der Waals surface area contributed by atoms with Crippen LogP contribution >= 0.6 is 12.4 Å². The fraction of sp³-hybridized carbons (Fsp3) is 0.261. The second-order valence-corrected chi connectivity index (χ2v) is 8.27. The number of H-pyrrole nitrogens is 1. The summed E-state index contributed by atoms with van der Waals surface area (Å²) in [7, 11) is 0. The molecule has 1 aliphatic carbocycles. The third-order valence-corrected chi connectivity index (χ3v) is 6.34. The highest BCUT2D eigenvalue weighted by Crippen LogP contribution is 2.39. The van der Waals surface area contributed by atoms with Gasteiger partial charge in [-0.15, -0.1) is 12.4 Å². The van der Waals surface area contributed by atoms with E-state index in [1.54, 1.807) is 4.90 Å².